The molecule has 0 atom stereocenters. The molecule has 1 N–H and O–H groups in total. The van der Waals surface area contributed by atoms with Crippen molar-refractivity contribution in [3.63, 3.8) is 0 Å². The minimum absolute atomic E-state index is 0.172. The molecule has 2 aromatic rings. The number of methoxy groups -OCH3 is 3. The zero-order valence-electron chi connectivity index (χ0n) is 14.3. The van der Waals surface area contributed by atoms with Crippen molar-refractivity contribution < 1.29 is 19.0 Å². The Kier molecular flexibility index (Phi) is 5.84. The first-order valence-corrected chi connectivity index (χ1v) is 7.43. The summed E-state index contributed by atoms with van der Waals surface area (Å²) in [5, 5.41) is 3.08. The van der Waals surface area contributed by atoms with E-state index in [1.807, 2.05) is 31.2 Å². The highest BCUT2D eigenvalue weighted by molar-refractivity contribution is 6.05. The number of allylic oxidation sites excluding steroid dienone is 1. The van der Waals surface area contributed by atoms with E-state index >= 15 is 0 Å². The number of carbonyl (C=O) groups excluding carboxylic acids is 1. The van der Waals surface area contributed by atoms with Crippen LogP contribution in [-0.2, 0) is 0 Å². The van der Waals surface area contributed by atoms with Crippen LogP contribution in [0.25, 0.3) is 0 Å². The molecule has 0 unspecified atom stereocenters. The molecule has 126 valence electrons. The summed E-state index contributed by atoms with van der Waals surface area (Å²) in [7, 11) is 4.55. The van der Waals surface area contributed by atoms with E-state index in [1.165, 1.54) is 27.4 Å². The lowest BCUT2D eigenvalue weighted by Crippen LogP contribution is -2.01. The van der Waals surface area contributed by atoms with Crippen LogP contribution in [0.5, 0.6) is 17.2 Å². The van der Waals surface area contributed by atoms with Crippen LogP contribution in [-0.4, -0.2) is 27.1 Å². The van der Waals surface area contributed by atoms with E-state index in [-0.39, 0.29) is 5.78 Å². The first-order chi connectivity index (χ1) is 11.6. The molecule has 0 radical (unpaired) electrons. The summed E-state index contributed by atoms with van der Waals surface area (Å²) in [5.41, 5.74) is 2.51. The van der Waals surface area contributed by atoms with Crippen molar-refractivity contribution in [1.82, 2.24) is 0 Å². The maximum Gasteiger partial charge on any atom is 0.203 e. The first kappa shape index (κ1) is 17.4. The number of ketones is 1. The largest absolute Gasteiger partial charge is 0.493 e. The molecule has 5 nitrogen and oxygen atoms in total. The molecule has 0 saturated carbocycles. The van der Waals surface area contributed by atoms with Crippen LogP contribution in [0, 0.1) is 6.92 Å². The number of aryl methyl sites for hydroxylation is 1. The van der Waals surface area contributed by atoms with E-state index < -0.39 is 0 Å². The Hall–Kier alpha value is -2.95. The molecule has 0 bridgehead atoms. The van der Waals surface area contributed by atoms with Gasteiger partial charge in [-0.15, -0.1) is 0 Å². The number of hydrogen-bond acceptors (Lipinski definition) is 5. The minimum atomic E-state index is -0.172. The van der Waals surface area contributed by atoms with Crippen LogP contribution in [0.4, 0.5) is 5.69 Å². The van der Waals surface area contributed by atoms with Gasteiger partial charge < -0.3 is 19.5 Å². The van der Waals surface area contributed by atoms with Gasteiger partial charge in [0.15, 0.2) is 17.3 Å². The Labute approximate surface area is 141 Å². The van der Waals surface area contributed by atoms with Crippen molar-refractivity contribution in [2.75, 3.05) is 26.6 Å². The van der Waals surface area contributed by atoms with E-state index in [4.69, 9.17) is 14.2 Å². The molecule has 2 rings (SSSR count). The summed E-state index contributed by atoms with van der Waals surface area (Å²) in [4.78, 5) is 12.4. The van der Waals surface area contributed by atoms with Crippen LogP contribution in [0.2, 0.25) is 0 Å². The molecule has 5 heteroatoms. The Morgan fingerprint density at radius 3 is 2.21 bits per heavy atom. The second kappa shape index (κ2) is 8.06. The number of carbonyl (C=O) groups is 1. The van der Waals surface area contributed by atoms with Crippen molar-refractivity contribution in [3.8, 4) is 17.2 Å². The lowest BCUT2D eigenvalue weighted by Gasteiger charge is -2.13. The van der Waals surface area contributed by atoms with Gasteiger partial charge in [-0.25, -0.2) is 0 Å². The second-order valence-electron chi connectivity index (χ2n) is 5.13. The van der Waals surface area contributed by atoms with Crippen LogP contribution in [0.15, 0.2) is 48.7 Å². The first-order valence-electron chi connectivity index (χ1n) is 7.43. The second-order valence-corrected chi connectivity index (χ2v) is 5.13. The zero-order chi connectivity index (χ0) is 17.5. The lowest BCUT2D eigenvalue weighted by molar-refractivity contribution is 0.104. The molecular formula is C19H21NO4. The fourth-order valence-corrected chi connectivity index (χ4v) is 2.27. The summed E-state index contributed by atoms with van der Waals surface area (Å²) < 4.78 is 15.8. The van der Waals surface area contributed by atoms with Crippen molar-refractivity contribution in [2.45, 2.75) is 6.92 Å². The highest BCUT2D eigenvalue weighted by Gasteiger charge is 2.15. The van der Waals surface area contributed by atoms with Gasteiger partial charge in [0.25, 0.3) is 0 Å². The molecule has 0 heterocycles. The topological polar surface area (TPSA) is 56.8 Å². The van der Waals surface area contributed by atoms with Gasteiger partial charge >= 0.3 is 0 Å². The normalized spacial score (nSPS) is 10.5. The fraction of sp³-hybridized carbons (Fsp3) is 0.211. The van der Waals surface area contributed by atoms with Gasteiger partial charge in [0.2, 0.25) is 5.75 Å². The van der Waals surface area contributed by atoms with E-state index in [9.17, 15) is 4.79 Å². The average molecular weight is 327 g/mol. The summed E-state index contributed by atoms with van der Waals surface area (Å²) >= 11 is 0. The quantitative estimate of drug-likeness (QED) is 0.619. The number of nitrogens with one attached hydrogen (secondary N) is 1. The van der Waals surface area contributed by atoms with Gasteiger partial charge in [0, 0.05) is 23.5 Å². The van der Waals surface area contributed by atoms with Crippen molar-refractivity contribution >= 4 is 11.5 Å². The van der Waals surface area contributed by atoms with Crippen molar-refractivity contribution in [3.05, 3.63) is 59.8 Å². The van der Waals surface area contributed by atoms with Gasteiger partial charge in [0.1, 0.15) is 0 Å². The number of ether oxygens (including phenoxy) is 3. The van der Waals surface area contributed by atoms with E-state index in [0.717, 1.165) is 11.3 Å². The maximum atomic E-state index is 12.4. The standard InChI is InChI=1S/C19H21NO4/c1-13-6-5-7-15(10-13)20-9-8-16(21)14-11-17(22-2)19(24-4)18(12-14)23-3/h5-12,20H,1-4H3. The molecule has 0 fully saturated rings. The van der Waals surface area contributed by atoms with E-state index in [0.29, 0.717) is 22.8 Å². The van der Waals surface area contributed by atoms with Crippen molar-refractivity contribution in [2.24, 2.45) is 0 Å². The molecular weight excluding hydrogens is 306 g/mol. The Bertz CT molecular complexity index is 728. The van der Waals surface area contributed by atoms with Crippen LogP contribution in [0.1, 0.15) is 15.9 Å². The zero-order valence-corrected chi connectivity index (χ0v) is 14.3. The number of hydrogen-bond donors (Lipinski definition) is 1. The van der Waals surface area contributed by atoms with Gasteiger partial charge in [-0.05, 0) is 36.8 Å². The molecule has 0 aliphatic carbocycles. The lowest BCUT2D eigenvalue weighted by atomic mass is 10.1. The summed E-state index contributed by atoms with van der Waals surface area (Å²) in [6.07, 6.45) is 3.07. The minimum Gasteiger partial charge on any atom is -0.493 e. The van der Waals surface area contributed by atoms with Crippen LogP contribution in [0.3, 0.4) is 0 Å². The Morgan fingerprint density at radius 2 is 1.67 bits per heavy atom. The van der Waals surface area contributed by atoms with E-state index in [2.05, 4.69) is 5.32 Å². The predicted molar refractivity (Wildman–Crippen MR) is 94.4 cm³/mol. The van der Waals surface area contributed by atoms with Gasteiger partial charge in [-0.2, -0.15) is 0 Å². The molecule has 0 aromatic heterocycles. The van der Waals surface area contributed by atoms with Crippen molar-refractivity contribution in [1.29, 1.82) is 0 Å². The molecule has 0 aliphatic rings. The van der Waals surface area contributed by atoms with Gasteiger partial charge in [-0.1, -0.05) is 12.1 Å². The Morgan fingerprint density at radius 1 is 1.00 bits per heavy atom. The number of benzene rings is 2. The maximum absolute atomic E-state index is 12.4. The van der Waals surface area contributed by atoms with Gasteiger partial charge in [-0.3, -0.25) is 4.79 Å². The summed E-state index contributed by atoms with van der Waals surface area (Å²) in [5.74, 6) is 1.17. The molecule has 0 amide bonds. The third-order valence-corrected chi connectivity index (χ3v) is 3.45. The Balaban J connectivity index is 2.18. The SMILES string of the molecule is COc1cc(C(=O)C=CNc2cccc(C)c2)cc(OC)c1OC. The van der Waals surface area contributed by atoms with Crippen LogP contribution < -0.4 is 19.5 Å². The fourth-order valence-electron chi connectivity index (χ4n) is 2.27. The number of rotatable bonds is 7. The van der Waals surface area contributed by atoms with Crippen LogP contribution >= 0.6 is 0 Å². The highest BCUT2D eigenvalue weighted by Crippen LogP contribution is 2.38. The predicted octanol–water partition coefficient (Wildman–Crippen LogP) is 3.83. The molecule has 24 heavy (non-hydrogen) atoms. The molecule has 0 aliphatic heterocycles. The van der Waals surface area contributed by atoms with E-state index in [1.54, 1.807) is 18.3 Å². The summed E-state index contributed by atoms with van der Waals surface area (Å²) in [6, 6.07) is 11.1. The monoisotopic (exact) mass is 327 g/mol. The number of anilines is 1. The molecule has 0 saturated heterocycles. The smallest absolute Gasteiger partial charge is 0.203 e. The van der Waals surface area contributed by atoms with Gasteiger partial charge in [0.05, 0.1) is 21.3 Å². The third-order valence-electron chi connectivity index (χ3n) is 3.45. The highest BCUT2D eigenvalue weighted by atomic mass is 16.5. The summed E-state index contributed by atoms with van der Waals surface area (Å²) in [6.45, 7) is 2.01. The molecule has 0 spiro atoms. The third kappa shape index (κ3) is 4.07. The average Bonchev–Trinajstić information content (AvgIpc) is 2.60. The molecule has 2 aromatic carbocycles.